The number of nitrogens with one attached hydrogen (secondary N) is 1. The Hall–Kier alpha value is -3.45. The average molecular weight is 435 g/mol. The number of sulfonamides is 1. The number of anilines is 2. The lowest BCUT2D eigenvalue weighted by atomic mass is 10.0. The first-order valence-electron chi connectivity index (χ1n) is 9.99. The molecule has 0 aliphatic carbocycles. The van der Waals surface area contributed by atoms with Gasteiger partial charge in [0.1, 0.15) is 0 Å². The summed E-state index contributed by atoms with van der Waals surface area (Å²) in [6, 6.07) is 20.0. The molecule has 4 rings (SSSR count). The predicted octanol–water partition coefficient (Wildman–Crippen LogP) is 4.28. The maximum atomic E-state index is 13.2. The van der Waals surface area contributed by atoms with E-state index in [1.807, 2.05) is 24.3 Å². The third kappa shape index (κ3) is 4.22. The molecule has 6 nitrogen and oxygen atoms in total. The van der Waals surface area contributed by atoms with Gasteiger partial charge in [0.25, 0.3) is 15.9 Å². The highest BCUT2D eigenvalue weighted by Gasteiger charge is 2.28. The Labute approximate surface area is 181 Å². The fraction of sp³-hybridized carbons (Fsp3) is 0.167. The van der Waals surface area contributed by atoms with Crippen molar-refractivity contribution >= 4 is 33.1 Å². The topological polar surface area (TPSA) is 83.5 Å². The Balaban J connectivity index is 1.52. The summed E-state index contributed by atoms with van der Waals surface area (Å²) in [6.45, 7) is 1.91. The third-order valence-electron chi connectivity index (χ3n) is 5.32. The molecule has 7 heteroatoms. The zero-order valence-corrected chi connectivity index (χ0v) is 17.9. The number of amides is 1. The molecule has 3 aromatic rings. The molecule has 1 N–H and O–H groups in total. The van der Waals surface area contributed by atoms with E-state index in [-0.39, 0.29) is 16.6 Å². The molecule has 0 fully saturated rings. The van der Waals surface area contributed by atoms with Gasteiger partial charge in [-0.05, 0) is 79.9 Å². The van der Waals surface area contributed by atoms with Gasteiger partial charge in [-0.3, -0.25) is 13.9 Å². The standard InChI is InChI=1S/C24H22N2O4S/c1-17(27)18-8-12-21(13-9-18)25-24(28)20-10-14-22(15-11-20)31(29,30)26-16-4-6-19-5-2-3-7-23(19)26/h2-3,5,7-15H,4,6,16H2,1H3,(H,25,28). The van der Waals surface area contributed by atoms with Crippen LogP contribution in [0.2, 0.25) is 0 Å². The molecule has 158 valence electrons. The number of rotatable bonds is 5. The first-order valence-corrected chi connectivity index (χ1v) is 11.4. The van der Waals surface area contributed by atoms with Crippen LogP contribution >= 0.6 is 0 Å². The molecule has 0 saturated carbocycles. The zero-order chi connectivity index (χ0) is 22.0. The Kier molecular flexibility index (Phi) is 5.61. The SMILES string of the molecule is CC(=O)c1ccc(NC(=O)c2ccc(S(=O)(=O)N3CCCc4ccccc43)cc2)cc1. The number of hydrogen-bond donors (Lipinski definition) is 1. The fourth-order valence-corrected chi connectivity index (χ4v) is 5.19. The van der Waals surface area contributed by atoms with Crippen LogP contribution in [0.5, 0.6) is 0 Å². The van der Waals surface area contributed by atoms with Crippen LogP contribution in [0.4, 0.5) is 11.4 Å². The summed E-state index contributed by atoms with van der Waals surface area (Å²) in [5.41, 5.74) is 3.19. The summed E-state index contributed by atoms with van der Waals surface area (Å²) in [4.78, 5) is 24.0. The van der Waals surface area contributed by atoms with Gasteiger partial charge in [0.15, 0.2) is 5.78 Å². The minimum absolute atomic E-state index is 0.0500. The van der Waals surface area contributed by atoms with Gasteiger partial charge < -0.3 is 5.32 Å². The molecule has 0 atom stereocenters. The molecule has 31 heavy (non-hydrogen) atoms. The first-order chi connectivity index (χ1) is 14.9. The summed E-state index contributed by atoms with van der Waals surface area (Å²) in [5, 5.41) is 2.75. The van der Waals surface area contributed by atoms with E-state index in [1.54, 1.807) is 24.3 Å². The highest BCUT2D eigenvalue weighted by Crippen LogP contribution is 2.31. The second kappa shape index (κ2) is 8.35. The third-order valence-corrected chi connectivity index (χ3v) is 7.15. The molecule has 1 aliphatic heterocycles. The number of carbonyl (C=O) groups excluding carboxylic acids is 2. The van der Waals surface area contributed by atoms with Crippen LogP contribution in [0.1, 0.15) is 39.6 Å². The summed E-state index contributed by atoms with van der Waals surface area (Å²) < 4.78 is 27.9. The van der Waals surface area contributed by atoms with Crippen molar-refractivity contribution in [3.05, 3.63) is 89.5 Å². The lowest BCUT2D eigenvalue weighted by Crippen LogP contribution is -2.35. The number of para-hydroxylation sites is 1. The highest BCUT2D eigenvalue weighted by atomic mass is 32.2. The van der Waals surface area contributed by atoms with Gasteiger partial charge in [0.2, 0.25) is 0 Å². The number of benzene rings is 3. The van der Waals surface area contributed by atoms with Crippen LogP contribution in [-0.2, 0) is 16.4 Å². The lowest BCUT2D eigenvalue weighted by molar-refractivity contribution is 0.101. The Morgan fingerprint density at radius 3 is 2.19 bits per heavy atom. The number of hydrogen-bond acceptors (Lipinski definition) is 4. The monoisotopic (exact) mass is 434 g/mol. The van der Waals surface area contributed by atoms with Crippen LogP contribution in [0, 0.1) is 0 Å². The molecular weight excluding hydrogens is 412 g/mol. The molecule has 0 bridgehead atoms. The Morgan fingerprint density at radius 1 is 0.871 bits per heavy atom. The highest BCUT2D eigenvalue weighted by molar-refractivity contribution is 7.92. The van der Waals surface area contributed by atoms with E-state index in [0.29, 0.717) is 29.0 Å². The van der Waals surface area contributed by atoms with E-state index >= 15 is 0 Å². The van der Waals surface area contributed by atoms with Gasteiger partial charge in [0.05, 0.1) is 10.6 Å². The van der Waals surface area contributed by atoms with Crippen LogP contribution in [0.25, 0.3) is 0 Å². The van der Waals surface area contributed by atoms with Crippen LogP contribution in [0.15, 0.2) is 77.7 Å². The number of nitrogens with zero attached hydrogens (tertiary/aromatic N) is 1. The number of aryl methyl sites for hydroxylation is 1. The van der Waals surface area contributed by atoms with Crippen LogP contribution in [-0.4, -0.2) is 26.7 Å². The van der Waals surface area contributed by atoms with Crippen molar-refractivity contribution in [1.29, 1.82) is 0 Å². The molecule has 3 aromatic carbocycles. The normalized spacial score (nSPS) is 13.4. The maximum Gasteiger partial charge on any atom is 0.264 e. The minimum Gasteiger partial charge on any atom is -0.322 e. The van der Waals surface area contributed by atoms with E-state index in [2.05, 4.69) is 5.32 Å². The van der Waals surface area contributed by atoms with E-state index in [0.717, 1.165) is 18.4 Å². The Morgan fingerprint density at radius 2 is 1.52 bits per heavy atom. The quantitative estimate of drug-likeness (QED) is 0.608. The first kappa shape index (κ1) is 20.8. The van der Waals surface area contributed by atoms with Crippen molar-refractivity contribution in [2.24, 2.45) is 0 Å². The Bertz CT molecular complexity index is 1230. The van der Waals surface area contributed by atoms with E-state index in [9.17, 15) is 18.0 Å². The molecule has 0 saturated heterocycles. The van der Waals surface area contributed by atoms with Gasteiger partial charge in [-0.25, -0.2) is 8.42 Å². The van der Waals surface area contributed by atoms with E-state index < -0.39 is 10.0 Å². The summed E-state index contributed by atoms with van der Waals surface area (Å²) in [5.74, 6) is -0.408. The molecule has 1 amide bonds. The van der Waals surface area contributed by atoms with E-state index in [4.69, 9.17) is 0 Å². The maximum absolute atomic E-state index is 13.2. The summed E-state index contributed by atoms with van der Waals surface area (Å²) in [7, 11) is -3.72. The molecule has 0 unspecified atom stereocenters. The van der Waals surface area contributed by atoms with Gasteiger partial charge >= 0.3 is 0 Å². The van der Waals surface area contributed by atoms with Gasteiger partial charge in [0, 0.05) is 23.4 Å². The predicted molar refractivity (Wildman–Crippen MR) is 120 cm³/mol. The van der Waals surface area contributed by atoms with Crippen molar-refractivity contribution in [3.63, 3.8) is 0 Å². The fourth-order valence-electron chi connectivity index (χ4n) is 3.65. The average Bonchev–Trinajstić information content (AvgIpc) is 2.79. The van der Waals surface area contributed by atoms with Gasteiger partial charge in [-0.15, -0.1) is 0 Å². The number of carbonyl (C=O) groups is 2. The molecule has 0 radical (unpaired) electrons. The molecule has 0 aromatic heterocycles. The number of fused-ring (bicyclic) bond motifs is 1. The van der Waals surface area contributed by atoms with Gasteiger partial charge in [-0.1, -0.05) is 18.2 Å². The van der Waals surface area contributed by atoms with Gasteiger partial charge in [-0.2, -0.15) is 0 Å². The van der Waals surface area contributed by atoms with Crippen molar-refractivity contribution in [1.82, 2.24) is 0 Å². The zero-order valence-electron chi connectivity index (χ0n) is 17.0. The van der Waals surface area contributed by atoms with Crippen molar-refractivity contribution in [3.8, 4) is 0 Å². The summed E-state index contributed by atoms with van der Waals surface area (Å²) in [6.07, 6.45) is 1.62. The second-order valence-electron chi connectivity index (χ2n) is 7.42. The smallest absolute Gasteiger partial charge is 0.264 e. The van der Waals surface area contributed by atoms with E-state index in [1.165, 1.54) is 35.5 Å². The van der Waals surface area contributed by atoms with Crippen molar-refractivity contribution < 1.29 is 18.0 Å². The molecule has 1 aliphatic rings. The lowest BCUT2D eigenvalue weighted by Gasteiger charge is -2.30. The number of Topliss-reactive ketones (excluding diaryl/α,β-unsaturated/α-hetero) is 1. The number of ketones is 1. The minimum atomic E-state index is -3.72. The largest absolute Gasteiger partial charge is 0.322 e. The second-order valence-corrected chi connectivity index (χ2v) is 9.28. The van der Waals surface area contributed by atoms with Crippen LogP contribution < -0.4 is 9.62 Å². The van der Waals surface area contributed by atoms with Crippen molar-refractivity contribution in [2.45, 2.75) is 24.7 Å². The molecule has 0 spiro atoms. The molecular formula is C24H22N2O4S. The van der Waals surface area contributed by atoms with Crippen molar-refractivity contribution in [2.75, 3.05) is 16.2 Å². The summed E-state index contributed by atoms with van der Waals surface area (Å²) >= 11 is 0. The van der Waals surface area contributed by atoms with Crippen LogP contribution in [0.3, 0.4) is 0 Å². The molecule has 1 heterocycles.